The van der Waals surface area contributed by atoms with Gasteiger partial charge in [-0.1, -0.05) is 20.8 Å². The minimum atomic E-state index is 0.0804. The largest absolute Gasteiger partial charge is 0.396 e. The molecule has 2 nitrogen and oxygen atoms in total. The van der Waals surface area contributed by atoms with Gasteiger partial charge in [-0.15, -0.1) is 0 Å². The lowest BCUT2D eigenvalue weighted by molar-refractivity contribution is 0.0277. The van der Waals surface area contributed by atoms with Gasteiger partial charge in [0, 0.05) is 6.61 Å². The third-order valence-electron chi connectivity index (χ3n) is 4.25. The molecule has 0 heterocycles. The van der Waals surface area contributed by atoms with E-state index in [1.165, 1.54) is 6.42 Å². The molecule has 0 amide bonds. The monoisotopic (exact) mass is 171 g/mol. The second-order valence-electron chi connectivity index (χ2n) is 4.91. The van der Waals surface area contributed by atoms with Crippen LogP contribution < -0.4 is 5.73 Å². The third-order valence-corrected chi connectivity index (χ3v) is 4.25. The summed E-state index contributed by atoms with van der Waals surface area (Å²) in [5.74, 6) is 0.578. The summed E-state index contributed by atoms with van der Waals surface area (Å²) in [5.41, 5.74) is 5.97. The van der Waals surface area contributed by atoms with E-state index < -0.39 is 0 Å². The smallest absolute Gasteiger partial charge is 0.0490 e. The first-order valence-electron chi connectivity index (χ1n) is 4.79. The molecule has 1 fully saturated rings. The molecule has 2 atom stereocenters. The summed E-state index contributed by atoms with van der Waals surface area (Å²) in [6.45, 7) is 7.67. The van der Waals surface area contributed by atoms with Crippen LogP contribution >= 0.6 is 0 Å². The predicted octanol–water partition coefficient (Wildman–Crippen LogP) is 1.38. The first-order valence-corrected chi connectivity index (χ1v) is 4.79. The van der Waals surface area contributed by atoms with E-state index in [0.29, 0.717) is 5.92 Å². The lowest BCUT2D eigenvalue weighted by atomic mass is 9.66. The highest BCUT2D eigenvalue weighted by atomic mass is 16.3. The van der Waals surface area contributed by atoms with Crippen molar-refractivity contribution in [1.29, 1.82) is 0 Å². The van der Waals surface area contributed by atoms with Gasteiger partial charge in [0.25, 0.3) is 0 Å². The van der Waals surface area contributed by atoms with Gasteiger partial charge in [0.05, 0.1) is 0 Å². The average Bonchev–Trinajstić information content (AvgIpc) is 2.25. The molecular formula is C10H21NO. The molecular weight excluding hydrogens is 150 g/mol. The predicted molar refractivity (Wildman–Crippen MR) is 50.8 cm³/mol. The van der Waals surface area contributed by atoms with E-state index in [0.717, 1.165) is 13.0 Å². The first kappa shape index (κ1) is 10.0. The number of hydrogen-bond acceptors (Lipinski definition) is 2. The Balaban J connectivity index is 2.84. The van der Waals surface area contributed by atoms with Crippen molar-refractivity contribution in [2.75, 3.05) is 13.2 Å². The zero-order valence-corrected chi connectivity index (χ0v) is 8.43. The van der Waals surface area contributed by atoms with Crippen LogP contribution in [0.15, 0.2) is 0 Å². The normalized spacial score (nSPS) is 40.2. The maximum Gasteiger partial charge on any atom is 0.0490 e. The van der Waals surface area contributed by atoms with Crippen LogP contribution in [0.25, 0.3) is 0 Å². The number of rotatable bonds is 2. The molecule has 0 aliphatic heterocycles. The van der Waals surface area contributed by atoms with Crippen LogP contribution in [0, 0.1) is 16.7 Å². The van der Waals surface area contributed by atoms with Gasteiger partial charge in [0.1, 0.15) is 0 Å². The Bertz CT molecular complexity index is 167. The molecule has 0 spiro atoms. The highest BCUT2D eigenvalue weighted by molar-refractivity contribution is 4.99. The van der Waals surface area contributed by atoms with Crippen LogP contribution in [-0.4, -0.2) is 18.3 Å². The molecule has 3 N–H and O–H groups in total. The molecule has 0 radical (unpaired) electrons. The third kappa shape index (κ3) is 1.17. The van der Waals surface area contributed by atoms with Crippen molar-refractivity contribution in [2.45, 2.75) is 33.6 Å². The average molecular weight is 171 g/mol. The maximum atomic E-state index is 9.33. The summed E-state index contributed by atoms with van der Waals surface area (Å²) in [6.07, 6.45) is 2.28. The van der Waals surface area contributed by atoms with E-state index >= 15 is 0 Å². The van der Waals surface area contributed by atoms with Crippen LogP contribution in [0.3, 0.4) is 0 Å². The molecule has 0 unspecified atom stereocenters. The zero-order valence-electron chi connectivity index (χ0n) is 8.43. The molecule has 72 valence electrons. The summed E-state index contributed by atoms with van der Waals surface area (Å²) in [7, 11) is 0. The van der Waals surface area contributed by atoms with Crippen LogP contribution in [0.2, 0.25) is 0 Å². The zero-order chi connectivity index (χ0) is 9.41. The number of aliphatic hydroxyl groups excluding tert-OH is 1. The first-order chi connectivity index (χ1) is 5.48. The fraction of sp³-hybridized carbons (Fsp3) is 1.00. The van der Waals surface area contributed by atoms with E-state index in [9.17, 15) is 5.11 Å². The van der Waals surface area contributed by atoms with E-state index in [1.807, 2.05) is 0 Å². The van der Waals surface area contributed by atoms with E-state index in [1.54, 1.807) is 0 Å². The second kappa shape index (κ2) is 3.00. The summed E-state index contributed by atoms with van der Waals surface area (Å²) in [6, 6.07) is 0. The molecule has 1 rings (SSSR count). The van der Waals surface area contributed by atoms with Gasteiger partial charge in [0.2, 0.25) is 0 Å². The minimum Gasteiger partial charge on any atom is -0.396 e. The van der Waals surface area contributed by atoms with Crippen LogP contribution in [0.1, 0.15) is 33.6 Å². The highest BCUT2D eigenvalue weighted by Crippen LogP contribution is 2.55. The minimum absolute atomic E-state index is 0.0804. The highest BCUT2D eigenvalue weighted by Gasteiger charge is 2.50. The van der Waals surface area contributed by atoms with Gasteiger partial charge < -0.3 is 10.8 Å². The maximum absolute atomic E-state index is 9.33. The molecule has 2 heteroatoms. The summed E-state index contributed by atoms with van der Waals surface area (Å²) >= 11 is 0. The fourth-order valence-electron chi connectivity index (χ4n) is 2.36. The van der Waals surface area contributed by atoms with E-state index in [-0.39, 0.29) is 17.4 Å². The van der Waals surface area contributed by atoms with Crippen LogP contribution in [0.4, 0.5) is 0 Å². The van der Waals surface area contributed by atoms with E-state index in [2.05, 4.69) is 20.8 Å². The molecule has 12 heavy (non-hydrogen) atoms. The van der Waals surface area contributed by atoms with Crippen molar-refractivity contribution in [3.05, 3.63) is 0 Å². The van der Waals surface area contributed by atoms with Crippen molar-refractivity contribution in [3.8, 4) is 0 Å². The molecule has 0 aromatic heterocycles. The second-order valence-corrected chi connectivity index (χ2v) is 4.91. The van der Waals surface area contributed by atoms with Gasteiger partial charge in [0.15, 0.2) is 0 Å². The Kier molecular flexibility index (Phi) is 2.50. The van der Waals surface area contributed by atoms with E-state index in [4.69, 9.17) is 5.73 Å². The van der Waals surface area contributed by atoms with Crippen molar-refractivity contribution in [2.24, 2.45) is 22.5 Å². The van der Waals surface area contributed by atoms with Crippen molar-refractivity contribution >= 4 is 0 Å². The molecule has 1 saturated carbocycles. The topological polar surface area (TPSA) is 46.2 Å². The molecule has 0 aromatic carbocycles. The summed E-state index contributed by atoms with van der Waals surface area (Å²) in [4.78, 5) is 0. The lowest BCUT2D eigenvalue weighted by Gasteiger charge is -2.40. The molecule has 0 saturated heterocycles. The number of hydrogen-bond donors (Lipinski definition) is 2. The van der Waals surface area contributed by atoms with Gasteiger partial charge in [-0.3, -0.25) is 0 Å². The fourth-order valence-corrected chi connectivity index (χ4v) is 2.36. The standard InChI is InChI=1S/C10H21NO/c1-9(2)8(6-11)4-5-10(9,3)7-12/h8,12H,4-7,11H2,1-3H3/t8-,10+/m1/s1. The van der Waals surface area contributed by atoms with Crippen LogP contribution in [0.5, 0.6) is 0 Å². The number of aliphatic hydroxyl groups is 1. The quantitative estimate of drug-likeness (QED) is 0.659. The Morgan fingerprint density at radius 2 is 2.00 bits per heavy atom. The van der Waals surface area contributed by atoms with Crippen LogP contribution in [-0.2, 0) is 0 Å². The Morgan fingerprint density at radius 1 is 1.42 bits per heavy atom. The summed E-state index contributed by atoms with van der Waals surface area (Å²) < 4.78 is 0. The molecule has 0 bridgehead atoms. The molecule has 1 aliphatic rings. The van der Waals surface area contributed by atoms with Gasteiger partial charge >= 0.3 is 0 Å². The Hall–Kier alpha value is -0.0800. The SMILES string of the molecule is CC1(C)[C@@H](CN)CC[C@@]1(C)CO. The Labute approximate surface area is 75.2 Å². The lowest BCUT2D eigenvalue weighted by Crippen LogP contribution is -2.39. The molecule has 0 aromatic rings. The van der Waals surface area contributed by atoms with Gasteiger partial charge in [-0.25, -0.2) is 0 Å². The van der Waals surface area contributed by atoms with Crippen molar-refractivity contribution in [1.82, 2.24) is 0 Å². The Morgan fingerprint density at radius 3 is 2.25 bits per heavy atom. The number of nitrogens with two attached hydrogens (primary N) is 1. The summed E-state index contributed by atoms with van der Waals surface area (Å²) in [5, 5.41) is 9.33. The molecule has 1 aliphatic carbocycles. The van der Waals surface area contributed by atoms with Gasteiger partial charge in [-0.2, -0.15) is 0 Å². The van der Waals surface area contributed by atoms with Gasteiger partial charge in [-0.05, 0) is 36.1 Å². The van der Waals surface area contributed by atoms with Crippen molar-refractivity contribution in [3.63, 3.8) is 0 Å². The van der Waals surface area contributed by atoms with Crippen molar-refractivity contribution < 1.29 is 5.11 Å².